The zero-order valence-electron chi connectivity index (χ0n) is 29.3. The highest BCUT2D eigenvalue weighted by Gasteiger charge is 2.39. The van der Waals surface area contributed by atoms with Crippen LogP contribution in [0.5, 0.6) is 5.75 Å². The Morgan fingerprint density at radius 1 is 0.755 bits per heavy atom. The van der Waals surface area contributed by atoms with Gasteiger partial charge >= 0.3 is 0 Å². The lowest BCUT2D eigenvalue weighted by Crippen LogP contribution is -2.56. The van der Waals surface area contributed by atoms with Gasteiger partial charge in [0.15, 0.2) is 0 Å². The number of phenolic OH excluding ortho intramolecular Hbond substituents is 1. The van der Waals surface area contributed by atoms with Crippen LogP contribution in [0.25, 0.3) is 10.9 Å². The third-order valence-electron chi connectivity index (χ3n) is 9.26. The van der Waals surface area contributed by atoms with Crippen molar-refractivity contribution in [3.63, 3.8) is 0 Å². The van der Waals surface area contributed by atoms with Gasteiger partial charge in [-0.1, -0.05) is 44.2 Å². The number of phenols is 1. The average molecular weight is 733 g/mol. The number of nitrogens with one attached hydrogen (secondary N) is 7. The molecule has 0 saturated carbocycles. The molecule has 17 heteroatoms. The van der Waals surface area contributed by atoms with E-state index in [9.17, 15) is 43.8 Å². The van der Waals surface area contributed by atoms with Crippen LogP contribution >= 0.6 is 0 Å². The Kier molecular flexibility index (Phi) is 12.3. The number of carbonyl (C=O) groups excluding carboxylic acids is 7. The topological polar surface area (TPSA) is 251 Å². The second kappa shape index (κ2) is 17.0. The number of rotatable bonds is 5. The van der Waals surface area contributed by atoms with Gasteiger partial charge in [0, 0.05) is 30.1 Å². The number of hydrogen-bond acceptors (Lipinski definition) is 9. The molecule has 3 heterocycles. The number of fused-ring (bicyclic) bond motifs is 2. The van der Waals surface area contributed by atoms with E-state index in [2.05, 4.69) is 36.9 Å². The Bertz CT molecular complexity index is 1860. The maximum atomic E-state index is 14.1. The van der Waals surface area contributed by atoms with Gasteiger partial charge in [0.05, 0.1) is 19.6 Å². The van der Waals surface area contributed by atoms with Gasteiger partial charge in [-0.2, -0.15) is 0 Å². The predicted octanol–water partition coefficient (Wildman–Crippen LogP) is -1.39. The molecule has 0 aliphatic carbocycles. The van der Waals surface area contributed by atoms with Crippen LogP contribution in [0.3, 0.4) is 0 Å². The van der Waals surface area contributed by atoms with Crippen molar-refractivity contribution in [2.24, 2.45) is 5.92 Å². The monoisotopic (exact) mass is 732 g/mol. The summed E-state index contributed by atoms with van der Waals surface area (Å²) in [6.45, 7) is 1.76. The second-order valence-electron chi connectivity index (χ2n) is 13.4. The van der Waals surface area contributed by atoms with Gasteiger partial charge in [-0.05, 0) is 48.1 Å². The summed E-state index contributed by atoms with van der Waals surface area (Å²) in [5.41, 5.74) is 1.68. The van der Waals surface area contributed by atoms with Crippen LogP contribution in [0, 0.1) is 5.92 Å². The third-order valence-corrected chi connectivity index (χ3v) is 9.26. The molecule has 3 aromatic rings. The molecule has 0 spiro atoms. The Balaban J connectivity index is 1.44. The van der Waals surface area contributed by atoms with Crippen molar-refractivity contribution in [2.45, 2.75) is 63.4 Å². The summed E-state index contributed by atoms with van der Waals surface area (Å²) in [6.07, 6.45) is 0.903. The molecule has 7 amide bonds. The lowest BCUT2D eigenvalue weighted by atomic mass is 10.0. The van der Waals surface area contributed by atoms with Crippen LogP contribution in [-0.4, -0.2) is 112 Å². The Morgan fingerprint density at radius 3 is 2.00 bits per heavy atom. The van der Waals surface area contributed by atoms with Crippen LogP contribution in [0.1, 0.15) is 43.9 Å². The smallest absolute Gasteiger partial charge is 0.246 e. The van der Waals surface area contributed by atoms with Crippen molar-refractivity contribution in [3.05, 3.63) is 65.9 Å². The largest absolute Gasteiger partial charge is 0.508 e. The number of nitrogens with zero attached hydrogens (tertiary/aromatic N) is 1. The van der Waals surface area contributed by atoms with Crippen molar-refractivity contribution >= 4 is 52.3 Å². The number of benzene rings is 2. The molecule has 53 heavy (non-hydrogen) atoms. The summed E-state index contributed by atoms with van der Waals surface area (Å²) in [5, 5.41) is 36.7. The first-order valence-corrected chi connectivity index (χ1v) is 17.4. The van der Waals surface area contributed by atoms with Gasteiger partial charge in [0.1, 0.15) is 36.0 Å². The second-order valence-corrected chi connectivity index (χ2v) is 13.4. The number of aromatic hydroxyl groups is 1. The molecular formula is C36H44N8O9. The number of carbonyl (C=O) groups is 7. The highest BCUT2D eigenvalue weighted by Crippen LogP contribution is 2.23. The number of H-pyrrole nitrogens is 1. The van der Waals surface area contributed by atoms with Crippen molar-refractivity contribution < 1.29 is 43.8 Å². The van der Waals surface area contributed by atoms with Crippen LogP contribution in [0.2, 0.25) is 0 Å². The fourth-order valence-electron chi connectivity index (χ4n) is 6.44. The van der Waals surface area contributed by atoms with E-state index in [-0.39, 0.29) is 24.3 Å². The fraction of sp³-hybridized carbons (Fsp3) is 0.417. The lowest BCUT2D eigenvalue weighted by molar-refractivity contribution is -0.141. The molecule has 0 unspecified atom stereocenters. The summed E-state index contributed by atoms with van der Waals surface area (Å²) in [7, 11) is 0. The van der Waals surface area contributed by atoms with E-state index in [1.807, 2.05) is 24.3 Å². The van der Waals surface area contributed by atoms with Gasteiger partial charge in [0.25, 0.3) is 0 Å². The van der Waals surface area contributed by atoms with Crippen LogP contribution < -0.4 is 31.9 Å². The highest BCUT2D eigenvalue weighted by atomic mass is 16.3. The van der Waals surface area contributed by atoms with E-state index in [4.69, 9.17) is 0 Å². The van der Waals surface area contributed by atoms with E-state index in [1.54, 1.807) is 20.0 Å². The first-order valence-electron chi connectivity index (χ1n) is 17.4. The van der Waals surface area contributed by atoms with Gasteiger partial charge in [-0.15, -0.1) is 0 Å². The summed E-state index contributed by atoms with van der Waals surface area (Å²) < 4.78 is 0. The van der Waals surface area contributed by atoms with Gasteiger partial charge in [0.2, 0.25) is 41.4 Å². The number of hydrogen-bond donors (Lipinski definition) is 9. The van der Waals surface area contributed by atoms with Crippen molar-refractivity contribution in [2.75, 3.05) is 26.2 Å². The number of aliphatic hydroxyl groups is 1. The molecule has 5 rings (SSSR count). The summed E-state index contributed by atoms with van der Waals surface area (Å²) in [4.78, 5) is 97.9. The SMILES string of the molecule is CC(C)[C@@H]1NC(=O)CNC(=O)[C@@H]2CCCN2C(=O)[C@H](Cc2c[nH]c3ccccc23)NC(=O)CNC(=O)[C@H]([C@H](O)c2ccc(O)cc2)NC(=O)CNC1=O. The molecule has 0 radical (unpaired) electrons. The zero-order chi connectivity index (χ0) is 38.2. The molecule has 2 fully saturated rings. The van der Waals surface area contributed by atoms with E-state index in [1.165, 1.54) is 29.2 Å². The van der Waals surface area contributed by atoms with E-state index < -0.39 is 97.2 Å². The van der Waals surface area contributed by atoms with Crippen LogP contribution in [-0.2, 0) is 40.0 Å². The van der Waals surface area contributed by atoms with Gasteiger partial charge < -0.3 is 52.0 Å². The quantitative estimate of drug-likeness (QED) is 0.150. The maximum absolute atomic E-state index is 14.1. The summed E-state index contributed by atoms with van der Waals surface area (Å²) >= 11 is 0. The average Bonchev–Trinajstić information content (AvgIpc) is 3.80. The molecule has 282 valence electrons. The molecule has 17 nitrogen and oxygen atoms in total. The number of aromatic nitrogens is 1. The van der Waals surface area contributed by atoms with Gasteiger partial charge in [-0.25, -0.2) is 0 Å². The number of amides is 7. The van der Waals surface area contributed by atoms with Crippen molar-refractivity contribution in [3.8, 4) is 5.75 Å². The molecular weight excluding hydrogens is 688 g/mol. The molecule has 2 aliphatic heterocycles. The normalized spacial score (nSPS) is 23.5. The van der Waals surface area contributed by atoms with Crippen LogP contribution in [0.15, 0.2) is 54.7 Å². The first-order chi connectivity index (χ1) is 25.3. The third kappa shape index (κ3) is 9.48. The number of aromatic amines is 1. The molecule has 2 saturated heterocycles. The van der Waals surface area contributed by atoms with Crippen LogP contribution in [0.4, 0.5) is 0 Å². The first kappa shape index (κ1) is 38.3. The highest BCUT2D eigenvalue weighted by molar-refractivity contribution is 5.97. The fourth-order valence-corrected chi connectivity index (χ4v) is 6.44. The minimum absolute atomic E-state index is 0.0334. The molecule has 1 aromatic heterocycles. The minimum atomic E-state index is -1.67. The summed E-state index contributed by atoms with van der Waals surface area (Å²) in [5.74, 6) is -5.68. The minimum Gasteiger partial charge on any atom is -0.508 e. The van der Waals surface area contributed by atoms with Crippen molar-refractivity contribution in [1.82, 2.24) is 41.8 Å². The summed E-state index contributed by atoms with van der Waals surface area (Å²) in [6, 6.07) is 7.76. The Labute approximate surface area is 304 Å². The van der Waals surface area contributed by atoms with Crippen molar-refractivity contribution in [1.29, 1.82) is 0 Å². The number of aliphatic hydroxyl groups excluding tert-OH is 1. The maximum Gasteiger partial charge on any atom is 0.246 e. The molecule has 5 atom stereocenters. The van der Waals surface area contributed by atoms with Gasteiger partial charge in [-0.3, -0.25) is 33.6 Å². The predicted molar refractivity (Wildman–Crippen MR) is 189 cm³/mol. The molecule has 0 bridgehead atoms. The Hall–Kier alpha value is -5.97. The zero-order valence-corrected chi connectivity index (χ0v) is 29.3. The number of para-hydroxylation sites is 1. The lowest BCUT2D eigenvalue weighted by Gasteiger charge is -2.29. The van der Waals surface area contributed by atoms with E-state index in [0.29, 0.717) is 18.4 Å². The molecule has 2 aromatic carbocycles. The molecule has 2 aliphatic rings. The standard InChI is InChI=1S/C36H44N8O9/c1-19(2)30-34(51)39-18-29(48)43-31(32(49)20-9-11-22(45)12-10-20)35(52)40-16-27(46)41-25(14-21-15-37-24-7-4-3-6-23(21)24)36(53)44-13-5-8-26(44)33(50)38-17-28(47)42-30/h3-4,6-7,9-12,15,19,25-26,30-32,37,45,49H,5,8,13-14,16-18H2,1-2H3,(H,38,50)(H,39,51)(H,40,52)(H,41,46)(H,42,47)(H,43,48)/t25-,26-,30-,31-,32+/m0/s1. The Morgan fingerprint density at radius 2 is 1.34 bits per heavy atom. The van der Waals surface area contributed by atoms with E-state index in [0.717, 1.165) is 10.9 Å². The molecule has 9 N–H and O–H groups in total. The van der Waals surface area contributed by atoms with E-state index >= 15 is 0 Å².